The lowest BCUT2D eigenvalue weighted by molar-refractivity contribution is -0.140. The third-order valence-corrected chi connectivity index (χ3v) is 6.54. The highest BCUT2D eigenvalue weighted by molar-refractivity contribution is 7.12. The van der Waals surface area contributed by atoms with Crippen LogP contribution in [0.5, 0.6) is 0 Å². The molecule has 2 aliphatic rings. The van der Waals surface area contributed by atoms with Gasteiger partial charge in [-0.05, 0) is 49.7 Å². The number of Topliss-reactive ketones (excluding diaryl/α,β-unsaturated/α-hetero) is 1. The Kier molecular flexibility index (Phi) is 5.92. The fraction of sp³-hybridized carbons (Fsp3) is 0.684. The van der Waals surface area contributed by atoms with E-state index in [0.29, 0.717) is 19.6 Å². The monoisotopic (exact) mass is 364 g/mol. The van der Waals surface area contributed by atoms with Crippen molar-refractivity contribution in [2.24, 2.45) is 5.41 Å². The standard InChI is InChI=1S/C19H28N2O3S/c1-15(22)17-10-16(12-25-17)11-20-7-3-5-19(13-20)6-4-18(23)21(14-19)8-9-24-2/h10,12H,3-9,11,13-14H2,1-2H3. The molecular weight excluding hydrogens is 336 g/mol. The lowest BCUT2D eigenvalue weighted by Crippen LogP contribution is -2.54. The number of ketones is 1. The minimum absolute atomic E-state index is 0.144. The summed E-state index contributed by atoms with van der Waals surface area (Å²) in [6.07, 6.45) is 4.03. The number of ether oxygens (including phenoxy) is 1. The Bertz CT molecular complexity index is 630. The van der Waals surface area contributed by atoms with Crippen molar-refractivity contribution in [2.45, 2.75) is 39.2 Å². The van der Waals surface area contributed by atoms with Gasteiger partial charge in [-0.2, -0.15) is 0 Å². The van der Waals surface area contributed by atoms with Crippen LogP contribution in [-0.4, -0.2) is 61.4 Å². The third kappa shape index (κ3) is 4.49. The Morgan fingerprint density at radius 2 is 2.20 bits per heavy atom. The second kappa shape index (κ2) is 7.98. The Morgan fingerprint density at radius 1 is 1.36 bits per heavy atom. The van der Waals surface area contributed by atoms with Crippen LogP contribution >= 0.6 is 11.3 Å². The van der Waals surface area contributed by atoms with Crippen LogP contribution in [0.15, 0.2) is 11.4 Å². The van der Waals surface area contributed by atoms with Gasteiger partial charge in [-0.25, -0.2) is 0 Å². The zero-order valence-corrected chi connectivity index (χ0v) is 16.1. The summed E-state index contributed by atoms with van der Waals surface area (Å²) in [6, 6.07) is 2.03. The molecule has 0 radical (unpaired) electrons. The Morgan fingerprint density at radius 3 is 2.92 bits per heavy atom. The first-order valence-corrected chi connectivity index (χ1v) is 9.97. The molecule has 25 heavy (non-hydrogen) atoms. The van der Waals surface area contributed by atoms with Crippen molar-refractivity contribution in [3.05, 3.63) is 21.9 Å². The molecule has 5 nitrogen and oxygen atoms in total. The number of likely N-dealkylation sites (tertiary alicyclic amines) is 2. The molecule has 2 saturated heterocycles. The Hall–Kier alpha value is -1.24. The zero-order valence-electron chi connectivity index (χ0n) is 15.3. The van der Waals surface area contributed by atoms with E-state index >= 15 is 0 Å². The molecule has 1 amide bonds. The van der Waals surface area contributed by atoms with Gasteiger partial charge in [-0.3, -0.25) is 14.5 Å². The molecule has 1 atom stereocenters. The quantitative estimate of drug-likeness (QED) is 0.729. The maximum Gasteiger partial charge on any atom is 0.222 e. The van der Waals surface area contributed by atoms with Crippen LogP contribution in [0, 0.1) is 5.41 Å². The second-order valence-electron chi connectivity index (χ2n) is 7.50. The van der Waals surface area contributed by atoms with E-state index in [1.807, 2.05) is 11.0 Å². The van der Waals surface area contributed by atoms with E-state index < -0.39 is 0 Å². The molecule has 1 unspecified atom stereocenters. The van der Waals surface area contributed by atoms with Crippen molar-refractivity contribution in [1.82, 2.24) is 9.80 Å². The van der Waals surface area contributed by atoms with Crippen molar-refractivity contribution in [3.63, 3.8) is 0 Å². The highest BCUT2D eigenvalue weighted by Crippen LogP contribution is 2.39. The second-order valence-corrected chi connectivity index (χ2v) is 8.41. The molecule has 138 valence electrons. The first kappa shape index (κ1) is 18.5. The minimum atomic E-state index is 0.144. The molecular formula is C19H28N2O3S. The highest BCUT2D eigenvalue weighted by atomic mass is 32.1. The molecule has 0 N–H and O–H groups in total. The number of amides is 1. The molecule has 2 fully saturated rings. The van der Waals surface area contributed by atoms with Crippen molar-refractivity contribution in [2.75, 3.05) is 39.9 Å². The van der Waals surface area contributed by atoms with Crippen LogP contribution in [0.2, 0.25) is 0 Å². The van der Waals surface area contributed by atoms with Crippen molar-refractivity contribution in [3.8, 4) is 0 Å². The molecule has 1 aromatic heterocycles. The Labute approximate surface area is 153 Å². The van der Waals surface area contributed by atoms with Crippen LogP contribution in [0.1, 0.15) is 47.8 Å². The van der Waals surface area contributed by atoms with Crippen LogP contribution in [0.4, 0.5) is 0 Å². The fourth-order valence-corrected chi connectivity index (χ4v) is 4.99. The van der Waals surface area contributed by atoms with Gasteiger partial charge in [-0.1, -0.05) is 0 Å². The minimum Gasteiger partial charge on any atom is -0.383 e. The van der Waals surface area contributed by atoms with Crippen molar-refractivity contribution >= 4 is 23.0 Å². The summed E-state index contributed by atoms with van der Waals surface area (Å²) in [5, 5.41) is 2.10. The summed E-state index contributed by atoms with van der Waals surface area (Å²) in [5.41, 5.74) is 1.45. The molecule has 3 rings (SSSR count). The van der Waals surface area contributed by atoms with E-state index in [1.54, 1.807) is 25.4 Å². The van der Waals surface area contributed by atoms with Gasteiger partial charge in [0.2, 0.25) is 5.91 Å². The molecule has 1 aromatic rings. The van der Waals surface area contributed by atoms with Crippen LogP contribution < -0.4 is 0 Å². The topological polar surface area (TPSA) is 49.9 Å². The molecule has 6 heteroatoms. The molecule has 3 heterocycles. The van der Waals surface area contributed by atoms with E-state index in [0.717, 1.165) is 37.5 Å². The summed E-state index contributed by atoms with van der Waals surface area (Å²) in [5.74, 6) is 0.412. The van der Waals surface area contributed by atoms with Gasteiger partial charge in [0.25, 0.3) is 0 Å². The highest BCUT2D eigenvalue weighted by Gasteiger charge is 2.41. The average Bonchev–Trinajstić information content (AvgIpc) is 3.05. The van der Waals surface area contributed by atoms with Crippen molar-refractivity contribution in [1.29, 1.82) is 0 Å². The normalized spacial score (nSPS) is 24.9. The SMILES string of the molecule is COCCN1CC2(CCCN(Cc3csc(C(C)=O)c3)C2)CCC1=O. The number of hydrogen-bond donors (Lipinski definition) is 0. The molecule has 0 aliphatic carbocycles. The van der Waals surface area contributed by atoms with Crippen molar-refractivity contribution < 1.29 is 14.3 Å². The lowest BCUT2D eigenvalue weighted by atomic mass is 9.73. The third-order valence-electron chi connectivity index (χ3n) is 5.46. The number of carbonyl (C=O) groups excluding carboxylic acids is 2. The summed E-state index contributed by atoms with van der Waals surface area (Å²) in [6.45, 7) is 6.82. The number of nitrogens with zero attached hydrogens (tertiary/aromatic N) is 2. The van der Waals surface area contributed by atoms with E-state index in [2.05, 4.69) is 10.3 Å². The van der Waals surface area contributed by atoms with E-state index in [4.69, 9.17) is 4.74 Å². The number of piperidine rings is 2. The van der Waals surface area contributed by atoms with Crippen LogP contribution in [0.3, 0.4) is 0 Å². The van der Waals surface area contributed by atoms with E-state index in [1.165, 1.54) is 18.4 Å². The van der Waals surface area contributed by atoms with Crippen LogP contribution in [-0.2, 0) is 16.1 Å². The predicted molar refractivity (Wildman–Crippen MR) is 99.0 cm³/mol. The summed E-state index contributed by atoms with van der Waals surface area (Å²) >= 11 is 1.54. The maximum atomic E-state index is 12.2. The van der Waals surface area contributed by atoms with Crippen LogP contribution in [0.25, 0.3) is 0 Å². The molecule has 1 spiro atoms. The zero-order chi connectivity index (χ0) is 17.9. The smallest absolute Gasteiger partial charge is 0.222 e. The largest absolute Gasteiger partial charge is 0.383 e. The summed E-state index contributed by atoms with van der Waals surface area (Å²) in [7, 11) is 1.68. The lowest BCUT2D eigenvalue weighted by Gasteiger charge is -2.48. The van der Waals surface area contributed by atoms with Gasteiger partial charge in [0, 0.05) is 45.1 Å². The molecule has 0 aromatic carbocycles. The first-order valence-electron chi connectivity index (χ1n) is 9.09. The number of rotatable bonds is 6. The summed E-state index contributed by atoms with van der Waals surface area (Å²) in [4.78, 5) is 29.0. The number of carbonyl (C=O) groups is 2. The van der Waals surface area contributed by atoms with E-state index in [9.17, 15) is 9.59 Å². The Balaban J connectivity index is 1.63. The van der Waals surface area contributed by atoms with Gasteiger partial charge < -0.3 is 9.64 Å². The molecule has 2 aliphatic heterocycles. The number of thiophene rings is 1. The summed E-state index contributed by atoms with van der Waals surface area (Å²) < 4.78 is 5.16. The van der Waals surface area contributed by atoms with E-state index in [-0.39, 0.29) is 17.1 Å². The van der Waals surface area contributed by atoms with Gasteiger partial charge >= 0.3 is 0 Å². The first-order chi connectivity index (χ1) is 12.0. The van der Waals surface area contributed by atoms with Gasteiger partial charge in [-0.15, -0.1) is 11.3 Å². The molecule has 0 bridgehead atoms. The predicted octanol–water partition coefficient (Wildman–Crippen LogP) is 2.80. The van der Waals surface area contributed by atoms with Gasteiger partial charge in [0.1, 0.15) is 0 Å². The number of hydrogen-bond acceptors (Lipinski definition) is 5. The fourth-order valence-electron chi connectivity index (χ4n) is 4.19. The maximum absolute atomic E-state index is 12.2. The average molecular weight is 365 g/mol. The van der Waals surface area contributed by atoms with Gasteiger partial charge in [0.05, 0.1) is 11.5 Å². The number of methoxy groups -OCH3 is 1. The van der Waals surface area contributed by atoms with Gasteiger partial charge in [0.15, 0.2) is 5.78 Å². The molecule has 0 saturated carbocycles.